The summed E-state index contributed by atoms with van der Waals surface area (Å²) in [5, 5.41) is 3.80. The molecule has 2 aromatic rings. The average Bonchev–Trinajstić information content (AvgIpc) is 3.56. The van der Waals surface area contributed by atoms with Gasteiger partial charge in [0.15, 0.2) is 0 Å². The largest absolute Gasteiger partial charge is 0.421 e. The Balaban J connectivity index is 1.49. The van der Waals surface area contributed by atoms with Crippen LogP contribution in [0.4, 0.5) is 17.6 Å². The maximum Gasteiger partial charge on any atom is 0.421 e. The Labute approximate surface area is 186 Å². The lowest BCUT2D eigenvalue weighted by molar-refractivity contribution is -0.139. The minimum absolute atomic E-state index is 0.0422. The van der Waals surface area contributed by atoms with Crippen molar-refractivity contribution in [2.45, 2.75) is 36.5 Å². The molecule has 0 atom stereocenters. The SMILES string of the molecule is O=c1c(C(F)(F)F)cc(C2CC2)nn1CN1CCN(S(=O)(=O)c2ccc(F)c(Cl)c2)CC1. The molecule has 0 bridgehead atoms. The minimum atomic E-state index is -4.78. The van der Waals surface area contributed by atoms with Gasteiger partial charge >= 0.3 is 6.18 Å². The lowest BCUT2D eigenvalue weighted by Crippen LogP contribution is -2.50. The minimum Gasteiger partial charge on any atom is -0.282 e. The van der Waals surface area contributed by atoms with Gasteiger partial charge in [-0.2, -0.15) is 22.6 Å². The predicted octanol–water partition coefficient (Wildman–Crippen LogP) is 2.90. The second-order valence-electron chi connectivity index (χ2n) is 7.80. The van der Waals surface area contributed by atoms with E-state index in [-0.39, 0.29) is 54.4 Å². The number of piperazine rings is 1. The highest BCUT2D eigenvalue weighted by Crippen LogP contribution is 2.40. The summed E-state index contributed by atoms with van der Waals surface area (Å²) in [5.74, 6) is -0.812. The molecule has 0 radical (unpaired) electrons. The summed E-state index contributed by atoms with van der Waals surface area (Å²) in [4.78, 5) is 13.9. The molecule has 1 aromatic heterocycles. The zero-order chi connectivity index (χ0) is 23.3. The fraction of sp³-hybridized carbons (Fsp3) is 0.474. The van der Waals surface area contributed by atoms with Crippen molar-refractivity contribution in [1.29, 1.82) is 0 Å². The van der Waals surface area contributed by atoms with E-state index in [0.717, 1.165) is 41.8 Å². The molecular formula is C19H19ClF4N4O3S. The number of nitrogens with zero attached hydrogens (tertiary/aromatic N) is 4. The zero-order valence-electron chi connectivity index (χ0n) is 16.6. The van der Waals surface area contributed by atoms with E-state index in [1.807, 2.05) is 0 Å². The van der Waals surface area contributed by atoms with Gasteiger partial charge in [-0.1, -0.05) is 11.6 Å². The Hall–Kier alpha value is -2.02. The van der Waals surface area contributed by atoms with Crippen molar-refractivity contribution in [3.63, 3.8) is 0 Å². The van der Waals surface area contributed by atoms with Crippen molar-refractivity contribution in [3.05, 3.63) is 56.7 Å². The summed E-state index contributed by atoms with van der Waals surface area (Å²) in [6, 6.07) is 3.95. The summed E-state index contributed by atoms with van der Waals surface area (Å²) in [6.07, 6.45) is -3.33. The number of halogens is 5. The standard InChI is InChI=1S/C19H19ClF4N4O3S/c20-15-9-13(3-4-16(15)21)32(30,31)27-7-5-26(6-8-27)11-28-18(29)14(19(22,23)24)10-17(25-28)12-1-2-12/h3-4,9-10,12H,1-2,5-8,11H2. The molecule has 2 fully saturated rings. The molecule has 32 heavy (non-hydrogen) atoms. The van der Waals surface area contributed by atoms with Crippen LogP contribution in [0.5, 0.6) is 0 Å². The normalized spacial score (nSPS) is 18.8. The molecule has 1 aliphatic carbocycles. The maximum absolute atomic E-state index is 13.4. The van der Waals surface area contributed by atoms with Gasteiger partial charge in [-0.15, -0.1) is 0 Å². The second-order valence-corrected chi connectivity index (χ2v) is 10.1. The Bertz CT molecular complexity index is 1190. The van der Waals surface area contributed by atoms with Gasteiger partial charge in [-0.3, -0.25) is 9.69 Å². The van der Waals surface area contributed by atoms with E-state index >= 15 is 0 Å². The highest BCUT2D eigenvalue weighted by Gasteiger charge is 2.38. The number of hydrogen-bond donors (Lipinski definition) is 0. The Morgan fingerprint density at radius 2 is 1.75 bits per heavy atom. The van der Waals surface area contributed by atoms with Gasteiger partial charge < -0.3 is 0 Å². The van der Waals surface area contributed by atoms with E-state index in [0.29, 0.717) is 0 Å². The predicted molar refractivity (Wildman–Crippen MR) is 107 cm³/mol. The molecule has 4 rings (SSSR count). The molecule has 1 saturated heterocycles. The molecule has 0 unspecified atom stereocenters. The number of benzene rings is 1. The summed E-state index contributed by atoms with van der Waals surface area (Å²) in [7, 11) is -3.92. The number of alkyl halides is 3. The van der Waals surface area contributed by atoms with Gasteiger partial charge in [0.2, 0.25) is 10.0 Å². The molecule has 7 nitrogen and oxygen atoms in total. The first-order valence-corrected chi connectivity index (χ1v) is 11.7. The van der Waals surface area contributed by atoms with Crippen LogP contribution in [0.15, 0.2) is 34.0 Å². The first-order chi connectivity index (χ1) is 15.0. The van der Waals surface area contributed by atoms with Crippen LogP contribution in [0.2, 0.25) is 5.02 Å². The van der Waals surface area contributed by atoms with E-state index in [4.69, 9.17) is 11.6 Å². The highest BCUT2D eigenvalue weighted by molar-refractivity contribution is 7.89. The van der Waals surface area contributed by atoms with Gasteiger partial charge in [0.25, 0.3) is 5.56 Å². The third-order valence-electron chi connectivity index (χ3n) is 5.49. The zero-order valence-corrected chi connectivity index (χ0v) is 18.2. The van der Waals surface area contributed by atoms with Crippen molar-refractivity contribution in [3.8, 4) is 0 Å². The Morgan fingerprint density at radius 3 is 2.31 bits per heavy atom. The second kappa shape index (κ2) is 8.40. The van der Waals surface area contributed by atoms with Crippen molar-refractivity contribution in [1.82, 2.24) is 19.0 Å². The molecule has 0 spiro atoms. The van der Waals surface area contributed by atoms with E-state index < -0.39 is 33.1 Å². The van der Waals surface area contributed by atoms with Crippen LogP contribution in [-0.2, 0) is 22.9 Å². The van der Waals surface area contributed by atoms with E-state index in [1.54, 1.807) is 4.90 Å². The number of aromatic nitrogens is 2. The lowest BCUT2D eigenvalue weighted by atomic mass is 10.2. The monoisotopic (exact) mass is 494 g/mol. The van der Waals surface area contributed by atoms with Crippen LogP contribution in [-0.4, -0.2) is 53.6 Å². The topological polar surface area (TPSA) is 75.5 Å². The van der Waals surface area contributed by atoms with Crippen molar-refractivity contribution in [2.75, 3.05) is 26.2 Å². The van der Waals surface area contributed by atoms with Gasteiger partial charge in [-0.25, -0.2) is 17.5 Å². The van der Waals surface area contributed by atoms with Gasteiger partial charge in [-0.05, 0) is 37.1 Å². The van der Waals surface area contributed by atoms with Crippen LogP contribution in [0.25, 0.3) is 0 Å². The first kappa shape index (κ1) is 23.1. The smallest absolute Gasteiger partial charge is 0.282 e. The summed E-state index contributed by atoms with van der Waals surface area (Å²) in [5.41, 5.74) is -2.23. The first-order valence-electron chi connectivity index (χ1n) is 9.83. The fourth-order valence-corrected chi connectivity index (χ4v) is 5.22. The summed E-state index contributed by atoms with van der Waals surface area (Å²) < 4.78 is 80.8. The fourth-order valence-electron chi connectivity index (χ4n) is 3.53. The molecule has 1 aliphatic heterocycles. The Kier molecular flexibility index (Phi) is 6.07. The number of sulfonamides is 1. The molecule has 1 saturated carbocycles. The maximum atomic E-state index is 13.4. The molecule has 174 valence electrons. The van der Waals surface area contributed by atoms with Crippen molar-refractivity contribution in [2.24, 2.45) is 0 Å². The summed E-state index contributed by atoms with van der Waals surface area (Å²) >= 11 is 5.69. The van der Waals surface area contributed by atoms with E-state index in [1.165, 1.54) is 4.31 Å². The van der Waals surface area contributed by atoms with Crippen LogP contribution in [0.3, 0.4) is 0 Å². The van der Waals surface area contributed by atoms with E-state index in [9.17, 15) is 30.8 Å². The quantitative estimate of drug-likeness (QED) is 0.598. The highest BCUT2D eigenvalue weighted by atomic mass is 35.5. The third kappa shape index (κ3) is 4.68. The van der Waals surface area contributed by atoms with E-state index in [2.05, 4.69) is 5.10 Å². The molecule has 13 heteroatoms. The van der Waals surface area contributed by atoms with Crippen LogP contribution in [0.1, 0.15) is 30.0 Å². The van der Waals surface area contributed by atoms with Crippen LogP contribution in [0, 0.1) is 5.82 Å². The van der Waals surface area contributed by atoms with Crippen LogP contribution < -0.4 is 5.56 Å². The molecule has 0 N–H and O–H groups in total. The molecule has 0 amide bonds. The summed E-state index contributed by atoms with van der Waals surface area (Å²) in [6.45, 7) is 0.258. The van der Waals surface area contributed by atoms with Crippen molar-refractivity contribution >= 4 is 21.6 Å². The number of rotatable bonds is 5. The van der Waals surface area contributed by atoms with Gasteiger partial charge in [0.1, 0.15) is 11.4 Å². The average molecular weight is 495 g/mol. The van der Waals surface area contributed by atoms with Gasteiger partial charge in [0.05, 0.1) is 22.3 Å². The molecule has 1 aromatic carbocycles. The molecular weight excluding hydrogens is 476 g/mol. The van der Waals surface area contributed by atoms with Crippen molar-refractivity contribution < 1.29 is 26.0 Å². The van der Waals surface area contributed by atoms with Crippen LogP contribution >= 0.6 is 11.6 Å². The molecule has 2 aliphatic rings. The van der Waals surface area contributed by atoms with Gasteiger partial charge in [0, 0.05) is 32.1 Å². The Morgan fingerprint density at radius 1 is 1.09 bits per heavy atom. The lowest BCUT2D eigenvalue weighted by Gasteiger charge is -2.34. The molecule has 2 heterocycles. The third-order valence-corrected chi connectivity index (χ3v) is 7.67. The number of hydrogen-bond acceptors (Lipinski definition) is 5.